The molecule has 0 saturated carbocycles. The second-order valence-electron chi connectivity index (χ2n) is 12.8. The minimum absolute atomic E-state index is 0.111. The molecule has 2 aliphatic rings. The van der Waals surface area contributed by atoms with E-state index < -0.39 is 37.0 Å². The number of esters is 1. The SMILES string of the molecule is COC(=O)[C@H](CCCC/N=c1\nc(N(CO)C(=O)c2ccc(Br)cc2)ccn1[C@H]1CC[C@@H](CO)O1)NC(=O)OCC1c2ccccc2-c2ccccc21. The van der Waals surface area contributed by atoms with Gasteiger partial charge in [-0.2, -0.15) is 4.98 Å². The highest BCUT2D eigenvalue weighted by molar-refractivity contribution is 9.10. The number of carbonyl (C=O) groups excluding carboxylic acids is 3. The summed E-state index contributed by atoms with van der Waals surface area (Å²) in [6.45, 7) is -0.306. The summed E-state index contributed by atoms with van der Waals surface area (Å²) in [5.74, 6) is -0.940. The van der Waals surface area contributed by atoms with Gasteiger partial charge in [0.1, 0.15) is 31.4 Å². The van der Waals surface area contributed by atoms with Gasteiger partial charge in [-0.25, -0.2) is 9.59 Å². The molecule has 0 radical (unpaired) electrons. The van der Waals surface area contributed by atoms with Crippen LogP contribution in [0.15, 0.2) is 94.5 Å². The first-order valence-electron chi connectivity index (χ1n) is 17.5. The van der Waals surface area contributed by atoms with E-state index in [0.717, 1.165) is 31.6 Å². The molecule has 3 N–H and O–H groups in total. The number of rotatable bonds is 14. The molecule has 2 amide bonds. The van der Waals surface area contributed by atoms with Crippen molar-refractivity contribution >= 4 is 39.7 Å². The van der Waals surface area contributed by atoms with Gasteiger partial charge in [0.05, 0.1) is 19.8 Å². The van der Waals surface area contributed by atoms with E-state index in [-0.39, 0.29) is 43.1 Å². The van der Waals surface area contributed by atoms with Crippen molar-refractivity contribution in [3.05, 3.63) is 112 Å². The van der Waals surface area contributed by atoms with Gasteiger partial charge < -0.3 is 29.7 Å². The highest BCUT2D eigenvalue weighted by atomic mass is 79.9. The number of alkyl carbamates (subject to hydrolysis) is 1. The van der Waals surface area contributed by atoms with Crippen molar-refractivity contribution in [2.75, 3.05) is 38.5 Å². The lowest BCUT2D eigenvalue weighted by Crippen LogP contribution is -2.42. The number of hydrogen-bond acceptors (Lipinski definition) is 10. The largest absolute Gasteiger partial charge is 0.467 e. The predicted octanol–water partition coefficient (Wildman–Crippen LogP) is 5.06. The smallest absolute Gasteiger partial charge is 0.407 e. The quantitative estimate of drug-likeness (QED) is 0.0900. The number of halogens is 1. The van der Waals surface area contributed by atoms with E-state index in [1.807, 2.05) is 36.4 Å². The van der Waals surface area contributed by atoms with Crippen LogP contribution >= 0.6 is 15.9 Å². The molecule has 3 atom stereocenters. The average molecular weight is 789 g/mol. The molecule has 278 valence electrons. The first-order chi connectivity index (χ1) is 25.8. The number of ether oxygens (including phenoxy) is 3. The molecule has 1 aliphatic heterocycles. The zero-order chi connectivity index (χ0) is 37.3. The van der Waals surface area contributed by atoms with Gasteiger partial charge in [-0.15, -0.1) is 0 Å². The van der Waals surface area contributed by atoms with Crippen molar-refractivity contribution in [3.63, 3.8) is 0 Å². The number of aliphatic hydroxyl groups is 2. The number of methoxy groups -OCH3 is 1. The minimum Gasteiger partial charge on any atom is -0.467 e. The van der Waals surface area contributed by atoms with Crippen molar-refractivity contribution in [2.24, 2.45) is 4.99 Å². The van der Waals surface area contributed by atoms with Crippen LogP contribution in [-0.4, -0.2) is 83.5 Å². The van der Waals surface area contributed by atoms with Crippen molar-refractivity contribution < 1.29 is 38.8 Å². The summed E-state index contributed by atoms with van der Waals surface area (Å²) in [4.78, 5) is 49.4. The van der Waals surface area contributed by atoms with Crippen LogP contribution in [0.4, 0.5) is 10.6 Å². The fourth-order valence-electron chi connectivity index (χ4n) is 6.73. The summed E-state index contributed by atoms with van der Waals surface area (Å²) >= 11 is 3.37. The number of unbranched alkanes of at least 4 members (excludes halogenated alkanes) is 1. The van der Waals surface area contributed by atoms with Crippen molar-refractivity contribution in [1.82, 2.24) is 14.9 Å². The molecule has 1 aromatic heterocycles. The molecular weight excluding hydrogens is 746 g/mol. The number of aliphatic hydroxyl groups excluding tert-OH is 2. The molecular formula is C39H42BrN5O8. The van der Waals surface area contributed by atoms with Gasteiger partial charge in [0.15, 0.2) is 0 Å². The normalized spacial score (nSPS) is 17.2. The van der Waals surface area contributed by atoms with Crippen LogP contribution in [0, 0.1) is 0 Å². The van der Waals surface area contributed by atoms with Gasteiger partial charge in [0.25, 0.3) is 5.91 Å². The highest BCUT2D eigenvalue weighted by Gasteiger charge is 2.30. The van der Waals surface area contributed by atoms with Crippen LogP contribution in [0.1, 0.15) is 65.7 Å². The Bertz CT molecular complexity index is 1940. The number of nitrogens with zero attached hydrogens (tertiary/aromatic N) is 4. The predicted molar refractivity (Wildman–Crippen MR) is 199 cm³/mol. The third-order valence-electron chi connectivity index (χ3n) is 9.46. The lowest BCUT2D eigenvalue weighted by Gasteiger charge is -2.21. The molecule has 4 aromatic rings. The summed E-state index contributed by atoms with van der Waals surface area (Å²) in [6.07, 6.45) is 2.85. The third-order valence-corrected chi connectivity index (χ3v) is 9.99. The van der Waals surface area contributed by atoms with Gasteiger partial charge in [0, 0.05) is 28.7 Å². The molecule has 13 nitrogen and oxygen atoms in total. The van der Waals surface area contributed by atoms with Crippen LogP contribution < -0.4 is 15.8 Å². The van der Waals surface area contributed by atoms with Gasteiger partial charge in [-0.3, -0.25) is 19.3 Å². The van der Waals surface area contributed by atoms with E-state index in [1.165, 1.54) is 7.11 Å². The maximum Gasteiger partial charge on any atom is 0.407 e. The fraction of sp³-hybridized carbons (Fsp3) is 0.359. The summed E-state index contributed by atoms with van der Waals surface area (Å²) < 4.78 is 19.2. The molecule has 1 fully saturated rings. The first kappa shape index (κ1) is 37.9. The molecule has 0 bridgehead atoms. The van der Waals surface area contributed by atoms with Crippen molar-refractivity contribution in [1.29, 1.82) is 0 Å². The monoisotopic (exact) mass is 787 g/mol. The molecule has 2 heterocycles. The third kappa shape index (κ3) is 8.84. The van der Waals surface area contributed by atoms with Crippen LogP contribution in [-0.2, 0) is 19.0 Å². The molecule has 1 aliphatic carbocycles. The lowest BCUT2D eigenvalue weighted by molar-refractivity contribution is -0.143. The Hall–Kier alpha value is -4.89. The maximum absolute atomic E-state index is 13.3. The number of carbonyl (C=O) groups is 3. The van der Waals surface area contributed by atoms with Crippen LogP contribution in [0.2, 0.25) is 0 Å². The number of nitrogens with one attached hydrogen (secondary N) is 1. The minimum atomic E-state index is -0.924. The maximum atomic E-state index is 13.3. The van der Waals surface area contributed by atoms with Crippen molar-refractivity contribution in [3.8, 4) is 11.1 Å². The van der Waals surface area contributed by atoms with Gasteiger partial charge >= 0.3 is 12.1 Å². The lowest BCUT2D eigenvalue weighted by atomic mass is 9.98. The Labute approximate surface area is 315 Å². The zero-order valence-electron chi connectivity index (χ0n) is 29.3. The number of amides is 2. The van der Waals surface area contributed by atoms with E-state index in [9.17, 15) is 24.6 Å². The Morgan fingerprint density at radius 2 is 1.70 bits per heavy atom. The Kier molecular flexibility index (Phi) is 12.7. The fourth-order valence-corrected chi connectivity index (χ4v) is 7.00. The van der Waals surface area contributed by atoms with Crippen LogP contribution in [0.25, 0.3) is 11.1 Å². The molecule has 6 rings (SSSR count). The molecule has 53 heavy (non-hydrogen) atoms. The average Bonchev–Trinajstić information content (AvgIpc) is 3.79. The standard InChI is InChI=1S/C39H42BrN5O8/c1-51-37(49)33(42-39(50)52-23-32-30-10-4-2-8-28(30)29-9-3-5-11-31(29)32)12-6-7-20-41-38-43-34(19-21-44(38)35-18-17-27(22-46)53-35)45(24-47)36(48)25-13-15-26(40)16-14-25/h2-5,8-11,13-16,19,21,27,32-33,35,46-47H,6-7,12,17-18,20,22-24H2,1H3,(H,42,50)/b41-38+/t27-,33-,35+/m0/s1. The Balaban J connectivity index is 1.10. The number of hydrogen-bond donors (Lipinski definition) is 3. The van der Waals surface area contributed by atoms with Gasteiger partial charge in [0.2, 0.25) is 5.62 Å². The zero-order valence-corrected chi connectivity index (χ0v) is 30.9. The highest BCUT2D eigenvalue weighted by Crippen LogP contribution is 2.44. The summed E-state index contributed by atoms with van der Waals surface area (Å²) in [5, 5.41) is 22.5. The Morgan fingerprint density at radius 1 is 1.00 bits per heavy atom. The topological polar surface area (TPSA) is 165 Å². The molecule has 14 heteroatoms. The van der Waals surface area contributed by atoms with Gasteiger partial charge in [-0.05, 0) is 84.7 Å². The Morgan fingerprint density at radius 3 is 2.34 bits per heavy atom. The van der Waals surface area contributed by atoms with E-state index in [0.29, 0.717) is 37.8 Å². The number of aromatic nitrogens is 2. The van der Waals surface area contributed by atoms with E-state index in [2.05, 4.69) is 38.4 Å². The van der Waals surface area contributed by atoms with Crippen molar-refractivity contribution in [2.45, 2.75) is 56.4 Å². The van der Waals surface area contributed by atoms with Gasteiger partial charge in [-0.1, -0.05) is 64.5 Å². The number of fused-ring (bicyclic) bond motifs is 3. The summed E-state index contributed by atoms with van der Waals surface area (Å²) in [7, 11) is 1.27. The van der Waals surface area contributed by atoms with Crippen LogP contribution in [0.3, 0.4) is 0 Å². The first-order valence-corrected chi connectivity index (χ1v) is 18.3. The summed E-state index contributed by atoms with van der Waals surface area (Å²) in [5.41, 5.74) is 5.05. The number of anilines is 1. The van der Waals surface area contributed by atoms with Crippen LogP contribution in [0.5, 0.6) is 0 Å². The second-order valence-corrected chi connectivity index (χ2v) is 13.7. The second kappa shape index (κ2) is 17.8. The molecule has 0 spiro atoms. The van der Waals surface area contributed by atoms with E-state index in [1.54, 1.807) is 41.1 Å². The summed E-state index contributed by atoms with van der Waals surface area (Å²) in [6, 6.07) is 23.6. The number of benzene rings is 3. The molecule has 3 aromatic carbocycles. The molecule has 0 unspecified atom stereocenters. The van der Waals surface area contributed by atoms with E-state index >= 15 is 0 Å². The van der Waals surface area contributed by atoms with E-state index in [4.69, 9.17) is 19.2 Å². The molecule has 1 saturated heterocycles.